The summed E-state index contributed by atoms with van der Waals surface area (Å²) in [4.78, 5) is 6.07. The van der Waals surface area contributed by atoms with Crippen molar-refractivity contribution in [3.63, 3.8) is 0 Å². The standard InChI is InChI=1S/C20H20N4O2S2/c21-28(25,26)19-10-8-18(9-11-19)24(15-16-5-2-1-3-6-16)20(27)23-14-17-7-4-12-22-13-17/h1-13H,14-15H2,(H,23,27)(H2,21,25,26). The second-order valence-corrected chi connectivity index (χ2v) is 8.08. The zero-order valence-electron chi connectivity index (χ0n) is 15.0. The molecule has 0 aliphatic heterocycles. The van der Waals surface area contributed by atoms with E-state index >= 15 is 0 Å². The fourth-order valence-electron chi connectivity index (χ4n) is 2.64. The van der Waals surface area contributed by atoms with Crippen molar-refractivity contribution in [2.24, 2.45) is 5.14 Å². The van der Waals surface area contributed by atoms with Crippen molar-refractivity contribution < 1.29 is 8.42 Å². The van der Waals surface area contributed by atoms with Crippen molar-refractivity contribution in [2.75, 3.05) is 4.90 Å². The lowest BCUT2D eigenvalue weighted by atomic mass is 10.2. The summed E-state index contributed by atoms with van der Waals surface area (Å²) in [5, 5.41) is 8.95. The highest BCUT2D eigenvalue weighted by Crippen LogP contribution is 2.20. The number of rotatable bonds is 6. The van der Waals surface area contributed by atoms with Crippen LogP contribution in [-0.4, -0.2) is 18.5 Å². The van der Waals surface area contributed by atoms with E-state index in [4.69, 9.17) is 17.4 Å². The van der Waals surface area contributed by atoms with Crippen molar-refractivity contribution in [3.8, 4) is 0 Å². The normalized spacial score (nSPS) is 11.0. The molecule has 0 saturated heterocycles. The lowest BCUT2D eigenvalue weighted by Gasteiger charge is -2.26. The van der Waals surface area contributed by atoms with Crippen molar-refractivity contribution >= 4 is 33.0 Å². The van der Waals surface area contributed by atoms with E-state index < -0.39 is 10.0 Å². The van der Waals surface area contributed by atoms with E-state index in [9.17, 15) is 8.42 Å². The SMILES string of the molecule is NS(=O)(=O)c1ccc(N(Cc2ccccc2)C(=S)NCc2cccnc2)cc1. The molecule has 144 valence electrons. The van der Waals surface area contributed by atoms with Crippen LogP contribution in [0.25, 0.3) is 0 Å². The summed E-state index contributed by atoms with van der Waals surface area (Å²) in [5.74, 6) is 0. The first-order chi connectivity index (χ1) is 13.4. The van der Waals surface area contributed by atoms with Crippen LogP contribution in [0.1, 0.15) is 11.1 Å². The van der Waals surface area contributed by atoms with Crippen molar-refractivity contribution in [2.45, 2.75) is 18.0 Å². The molecule has 3 rings (SSSR count). The van der Waals surface area contributed by atoms with Gasteiger partial charge in [-0.2, -0.15) is 0 Å². The number of nitrogens with zero attached hydrogens (tertiary/aromatic N) is 2. The third kappa shape index (κ3) is 5.35. The molecule has 0 atom stereocenters. The van der Waals surface area contributed by atoms with Gasteiger partial charge >= 0.3 is 0 Å². The molecule has 0 unspecified atom stereocenters. The Kier molecular flexibility index (Phi) is 6.35. The molecular formula is C20H20N4O2S2. The molecule has 28 heavy (non-hydrogen) atoms. The summed E-state index contributed by atoms with van der Waals surface area (Å²) in [6, 6.07) is 20.1. The van der Waals surface area contributed by atoms with E-state index in [-0.39, 0.29) is 4.90 Å². The third-order valence-electron chi connectivity index (χ3n) is 4.07. The minimum Gasteiger partial charge on any atom is -0.358 e. The number of anilines is 1. The highest BCUT2D eigenvalue weighted by atomic mass is 32.2. The summed E-state index contributed by atoms with van der Waals surface area (Å²) in [7, 11) is -3.74. The number of benzene rings is 2. The molecule has 0 radical (unpaired) electrons. The number of pyridine rings is 1. The molecule has 0 spiro atoms. The first-order valence-corrected chi connectivity index (χ1v) is 10.5. The number of thiocarbonyl (C=S) groups is 1. The maximum atomic E-state index is 11.5. The van der Waals surface area contributed by atoms with Gasteiger partial charge < -0.3 is 10.2 Å². The maximum Gasteiger partial charge on any atom is 0.238 e. The van der Waals surface area contributed by atoms with Gasteiger partial charge in [-0.25, -0.2) is 13.6 Å². The van der Waals surface area contributed by atoms with E-state index in [2.05, 4.69) is 10.3 Å². The number of hydrogen-bond acceptors (Lipinski definition) is 4. The minimum atomic E-state index is -3.74. The molecule has 1 heterocycles. The first-order valence-electron chi connectivity index (χ1n) is 8.54. The number of sulfonamides is 1. The topological polar surface area (TPSA) is 88.3 Å². The van der Waals surface area contributed by atoms with Gasteiger partial charge in [0.2, 0.25) is 10.0 Å². The molecule has 1 aromatic heterocycles. The Morgan fingerprint density at radius 3 is 2.29 bits per heavy atom. The van der Waals surface area contributed by atoms with Gasteiger partial charge in [0, 0.05) is 24.6 Å². The van der Waals surface area contributed by atoms with E-state index in [1.165, 1.54) is 12.1 Å². The fourth-order valence-corrected chi connectivity index (χ4v) is 3.40. The highest BCUT2D eigenvalue weighted by Gasteiger charge is 2.15. The van der Waals surface area contributed by atoms with Gasteiger partial charge in [0.1, 0.15) is 0 Å². The molecule has 0 aliphatic rings. The van der Waals surface area contributed by atoms with Gasteiger partial charge in [-0.05, 0) is 53.7 Å². The predicted molar refractivity (Wildman–Crippen MR) is 114 cm³/mol. The number of nitrogens with one attached hydrogen (secondary N) is 1. The molecule has 2 aromatic carbocycles. The van der Waals surface area contributed by atoms with Crippen molar-refractivity contribution in [3.05, 3.63) is 90.3 Å². The summed E-state index contributed by atoms with van der Waals surface area (Å²) in [6.07, 6.45) is 3.49. The monoisotopic (exact) mass is 412 g/mol. The van der Waals surface area contributed by atoms with Crippen LogP contribution in [0.3, 0.4) is 0 Å². The summed E-state index contributed by atoms with van der Waals surface area (Å²) >= 11 is 5.61. The predicted octanol–water partition coefficient (Wildman–Crippen LogP) is 2.81. The van der Waals surface area contributed by atoms with Crippen LogP contribution in [0.5, 0.6) is 0 Å². The Morgan fingerprint density at radius 1 is 1.00 bits per heavy atom. The first kappa shape index (κ1) is 19.9. The maximum absolute atomic E-state index is 11.5. The van der Waals surface area contributed by atoms with Gasteiger partial charge in [-0.15, -0.1) is 0 Å². The van der Waals surface area contributed by atoms with Crippen molar-refractivity contribution in [1.29, 1.82) is 0 Å². The summed E-state index contributed by atoms with van der Waals surface area (Å²) in [5.41, 5.74) is 2.84. The van der Waals surface area contributed by atoms with Gasteiger partial charge in [-0.1, -0.05) is 36.4 Å². The summed E-state index contributed by atoms with van der Waals surface area (Å²) < 4.78 is 23.0. The Morgan fingerprint density at radius 2 is 1.68 bits per heavy atom. The quantitative estimate of drug-likeness (QED) is 0.606. The number of nitrogens with two attached hydrogens (primary N) is 1. The molecule has 0 saturated carbocycles. The largest absolute Gasteiger partial charge is 0.358 e. The average molecular weight is 413 g/mol. The van der Waals surface area contributed by atoms with Gasteiger partial charge in [-0.3, -0.25) is 4.98 Å². The van der Waals surface area contributed by atoms with Crippen LogP contribution in [0.2, 0.25) is 0 Å². The lowest BCUT2D eigenvalue weighted by molar-refractivity contribution is 0.598. The smallest absolute Gasteiger partial charge is 0.238 e. The van der Waals surface area contributed by atoms with Gasteiger partial charge in [0.05, 0.1) is 11.4 Å². The second kappa shape index (κ2) is 8.92. The van der Waals surface area contributed by atoms with E-state index in [1.807, 2.05) is 47.4 Å². The minimum absolute atomic E-state index is 0.0603. The third-order valence-corrected chi connectivity index (χ3v) is 5.37. The molecule has 0 bridgehead atoms. The van der Waals surface area contributed by atoms with E-state index in [0.717, 1.165) is 16.8 Å². The van der Waals surface area contributed by atoms with Crippen molar-refractivity contribution in [1.82, 2.24) is 10.3 Å². The molecule has 3 N–H and O–H groups in total. The molecule has 0 aliphatic carbocycles. The van der Waals surface area contributed by atoms with Gasteiger partial charge in [0.25, 0.3) is 0 Å². The molecule has 0 fully saturated rings. The molecule has 3 aromatic rings. The number of hydrogen-bond donors (Lipinski definition) is 2. The fraction of sp³-hybridized carbons (Fsp3) is 0.100. The van der Waals surface area contributed by atoms with E-state index in [0.29, 0.717) is 18.2 Å². The van der Waals surface area contributed by atoms with Crippen LogP contribution in [0.15, 0.2) is 84.0 Å². The molecular weight excluding hydrogens is 392 g/mol. The second-order valence-electron chi connectivity index (χ2n) is 6.13. The van der Waals surface area contributed by atoms with Gasteiger partial charge in [0.15, 0.2) is 5.11 Å². The molecule has 8 heteroatoms. The zero-order valence-corrected chi connectivity index (χ0v) is 16.7. The van der Waals surface area contributed by atoms with Crippen LogP contribution in [0.4, 0.5) is 5.69 Å². The van der Waals surface area contributed by atoms with Crippen LogP contribution in [-0.2, 0) is 23.1 Å². The van der Waals surface area contributed by atoms with Crippen LogP contribution in [0, 0.1) is 0 Å². The molecule has 0 amide bonds. The Bertz CT molecular complexity index is 1020. The highest BCUT2D eigenvalue weighted by molar-refractivity contribution is 7.89. The average Bonchev–Trinajstić information content (AvgIpc) is 2.71. The Hall–Kier alpha value is -2.81. The lowest BCUT2D eigenvalue weighted by Crippen LogP contribution is -2.39. The zero-order chi connectivity index (χ0) is 20.0. The van der Waals surface area contributed by atoms with Crippen LogP contribution < -0.4 is 15.4 Å². The molecule has 6 nitrogen and oxygen atoms in total. The number of primary sulfonamides is 1. The van der Waals surface area contributed by atoms with E-state index in [1.54, 1.807) is 24.5 Å². The summed E-state index contributed by atoms with van der Waals surface area (Å²) in [6.45, 7) is 1.07. The number of aromatic nitrogens is 1. The Balaban J connectivity index is 1.83. The Labute approximate surface area is 170 Å². The van der Waals surface area contributed by atoms with Crippen LogP contribution >= 0.6 is 12.2 Å².